The number of aliphatic hydroxyl groups excluding tert-OH is 4. The van der Waals surface area contributed by atoms with E-state index >= 15 is 0 Å². The minimum Gasteiger partial charge on any atom is -1.00 e. The smallest absolute Gasteiger partial charge is 1.00 e. The maximum atomic E-state index is 9.79. The fourth-order valence-electron chi connectivity index (χ4n) is 7.14. The first-order chi connectivity index (χ1) is 27.5. The summed E-state index contributed by atoms with van der Waals surface area (Å²) in [7, 11) is 0. The average molecular weight is 942 g/mol. The van der Waals surface area contributed by atoms with Crippen LogP contribution in [0.5, 0.6) is 0 Å². The number of rotatable bonds is 7. The Bertz CT molecular complexity index is 2660. The fourth-order valence-corrected chi connectivity index (χ4v) is 7.14. The summed E-state index contributed by atoms with van der Waals surface area (Å²) in [5, 5.41) is 39.2. The van der Waals surface area contributed by atoms with Gasteiger partial charge in [-0.1, -0.05) is 12.1 Å². The molecular weight excluding hydrogens is 905 g/mol. The van der Waals surface area contributed by atoms with Crippen LogP contribution in [0.15, 0.2) is 190 Å². The first-order valence-corrected chi connectivity index (χ1v) is 18.0. The molecule has 9 heterocycles. The van der Waals surface area contributed by atoms with Crippen molar-refractivity contribution < 1.29 is 101 Å². The third-order valence-electron chi connectivity index (χ3n) is 9.98. The molecule has 4 aromatic rings. The summed E-state index contributed by atoms with van der Waals surface area (Å²) < 4.78 is 5.03. The molecule has 0 spiro atoms. The minimum atomic E-state index is -0.153. The van der Waals surface area contributed by atoms with Gasteiger partial charge in [0.25, 0.3) is 0 Å². The van der Waals surface area contributed by atoms with Crippen molar-refractivity contribution in [2.45, 2.75) is 20.2 Å². The molecule has 0 unspecified atom stereocenters. The largest absolute Gasteiger partial charge is 2.00 e. The Balaban J connectivity index is 0.00000164. The van der Waals surface area contributed by atoms with Gasteiger partial charge in [0.1, 0.15) is 6.73 Å². The normalized spacial score (nSPS) is 15.8. The molecule has 61 heavy (non-hydrogen) atoms. The van der Waals surface area contributed by atoms with Gasteiger partial charge in [0.2, 0.25) is 20.2 Å². The van der Waals surface area contributed by atoms with Gasteiger partial charge in [0.05, 0.1) is 34.2 Å². The number of hydrogen-bond donors (Lipinski definition) is 4. The molecule has 9 rings (SSSR count). The van der Waals surface area contributed by atoms with Crippen LogP contribution in [0.3, 0.4) is 0 Å². The summed E-state index contributed by atoms with van der Waals surface area (Å²) in [6, 6.07) is 15.6. The summed E-state index contributed by atoms with van der Waals surface area (Å²) in [6.45, 7) is -0.612. The molecule has 8 bridgehead atoms. The Labute approximate surface area is 387 Å². The van der Waals surface area contributed by atoms with Crippen LogP contribution in [-0.2, 0) is 37.0 Å². The number of nitrogens with zero attached hydrogens (tertiary/aromatic N) is 8. The molecule has 5 aliphatic rings. The van der Waals surface area contributed by atoms with E-state index in [1.54, 1.807) is 18.6 Å². The van der Waals surface area contributed by atoms with E-state index in [-0.39, 0.29) is 93.3 Å². The molecule has 5 aliphatic heterocycles. The van der Waals surface area contributed by atoms with Gasteiger partial charge in [-0.15, -0.1) is 11.4 Å². The molecule has 0 amide bonds. The summed E-state index contributed by atoms with van der Waals surface area (Å²) in [6.07, 6.45) is 30.4. The van der Waals surface area contributed by atoms with Crippen molar-refractivity contribution in [3.05, 3.63) is 203 Å². The second-order valence-electron chi connectivity index (χ2n) is 13.3. The van der Waals surface area contributed by atoms with E-state index in [1.165, 1.54) is 0 Å². The molecule has 1 radical (unpaired) electrons. The van der Waals surface area contributed by atoms with Crippen LogP contribution in [0.1, 0.15) is 28.1 Å². The number of fused-ring (bicyclic) bond motifs is 5. The standard InChI is InChI=1S/C44H36N8O4.4ClH.Co/c53-25-49-17-9-29(10-18-49)41-33-1-2-34(45-33)42(30-11-19-50(26-54)20-12-30)36-5-6-38(47-36)44(32-15-23-52(28-56)24-16-32)40-8-7-39(48-40)43(37-4-3-35(41)46-37)31-13-21-51(27-55)22-14-31;;;;;/h1-24,53-56H,25-28H2;4*1H;/q+2;;;;;+2/p-4. The molecule has 0 saturated heterocycles. The SMILES string of the molecule is OCN1C=CC(=C2C3=NC(=C(c4cc[n+](CO)cc4)C4=NC(=C(c5cc[n+](CO)cc5)c5ccc([n-]5)C(c5cc[n+](CO)cc5)=C5C=CC2=N5)C=C4)C=C3)C=C1.[Cl-].[Cl-].[Cl-].[Cl-].[Co+2]. The number of aliphatic imine (C=N–C) groups is 3. The van der Waals surface area contributed by atoms with Crippen LogP contribution in [0.2, 0.25) is 0 Å². The molecule has 12 nitrogen and oxygen atoms in total. The Morgan fingerprint density at radius 2 is 0.787 bits per heavy atom. The van der Waals surface area contributed by atoms with Crippen LogP contribution < -0.4 is 68.3 Å². The van der Waals surface area contributed by atoms with Crippen LogP contribution in [0, 0.1) is 0 Å². The van der Waals surface area contributed by atoms with E-state index in [1.807, 2.05) is 147 Å². The van der Waals surface area contributed by atoms with Crippen molar-refractivity contribution >= 4 is 33.9 Å². The molecule has 17 heteroatoms. The zero-order valence-corrected chi connectivity index (χ0v) is 36.0. The first kappa shape index (κ1) is 48.4. The van der Waals surface area contributed by atoms with Gasteiger partial charge in [0, 0.05) is 59.9 Å². The summed E-state index contributed by atoms with van der Waals surface area (Å²) >= 11 is 0. The molecule has 0 fully saturated rings. The molecule has 0 saturated carbocycles. The average Bonchev–Trinajstić information content (AvgIpc) is 4.10. The topological polar surface area (TPSA) is 147 Å². The molecule has 0 atom stereocenters. The zero-order valence-electron chi connectivity index (χ0n) is 31.9. The third kappa shape index (κ3) is 9.47. The van der Waals surface area contributed by atoms with Crippen molar-refractivity contribution in [3.63, 3.8) is 0 Å². The number of aromatic nitrogens is 4. The van der Waals surface area contributed by atoms with Crippen molar-refractivity contribution in [1.29, 1.82) is 0 Å². The number of aliphatic hydroxyl groups is 4. The predicted octanol–water partition coefficient (Wildman–Crippen LogP) is -9.07. The van der Waals surface area contributed by atoms with Crippen molar-refractivity contribution in [2.24, 2.45) is 15.0 Å². The van der Waals surface area contributed by atoms with Gasteiger partial charge in [-0.3, -0.25) is 0 Å². The Morgan fingerprint density at radius 1 is 0.443 bits per heavy atom. The van der Waals surface area contributed by atoms with Gasteiger partial charge in [-0.2, -0.15) is 13.7 Å². The molecule has 4 N–H and O–H groups in total. The minimum absolute atomic E-state index is 0. The van der Waals surface area contributed by atoms with E-state index in [9.17, 15) is 20.4 Å². The number of pyridine rings is 3. The van der Waals surface area contributed by atoms with Gasteiger partial charge in [-0.05, 0) is 82.0 Å². The Kier molecular flexibility index (Phi) is 16.6. The van der Waals surface area contributed by atoms with E-state index in [0.717, 1.165) is 44.6 Å². The zero-order chi connectivity index (χ0) is 38.2. The third-order valence-corrected chi connectivity index (χ3v) is 9.98. The van der Waals surface area contributed by atoms with Gasteiger partial charge in [-0.25, -0.2) is 15.0 Å². The predicted molar refractivity (Wildman–Crippen MR) is 209 cm³/mol. The summed E-state index contributed by atoms with van der Waals surface area (Å²) in [5.74, 6) is 0. The van der Waals surface area contributed by atoms with E-state index in [0.29, 0.717) is 45.6 Å². The molecule has 0 aliphatic carbocycles. The summed E-state index contributed by atoms with van der Waals surface area (Å²) in [5.41, 5.74) is 12.3. The number of halogens is 4. The first-order valence-electron chi connectivity index (χ1n) is 18.0. The second-order valence-corrected chi connectivity index (χ2v) is 13.3. The van der Waals surface area contributed by atoms with Crippen LogP contribution in [0.4, 0.5) is 0 Å². The second kappa shape index (κ2) is 21.0. The maximum absolute atomic E-state index is 9.79. The van der Waals surface area contributed by atoms with Crippen LogP contribution >= 0.6 is 0 Å². The van der Waals surface area contributed by atoms with Crippen molar-refractivity contribution in [2.75, 3.05) is 6.73 Å². The van der Waals surface area contributed by atoms with E-state index in [2.05, 4.69) is 0 Å². The molecule has 0 aromatic carbocycles. The van der Waals surface area contributed by atoms with Gasteiger partial charge in [0.15, 0.2) is 37.2 Å². The monoisotopic (exact) mass is 939 g/mol. The summed E-state index contributed by atoms with van der Waals surface area (Å²) in [4.78, 5) is 22.7. The quantitative estimate of drug-likeness (QED) is 0.136. The Morgan fingerprint density at radius 3 is 1.15 bits per heavy atom. The molecular formula is C44H36Cl4CoN8O4. The fraction of sp³-hybridized carbons (Fsp3) is 0.0909. The maximum Gasteiger partial charge on any atom is 2.00 e. The van der Waals surface area contributed by atoms with E-state index < -0.39 is 0 Å². The van der Waals surface area contributed by atoms with Crippen LogP contribution in [-0.4, -0.2) is 49.2 Å². The van der Waals surface area contributed by atoms with Crippen LogP contribution in [0.25, 0.3) is 16.7 Å². The van der Waals surface area contributed by atoms with E-state index in [4.69, 9.17) is 20.0 Å². The van der Waals surface area contributed by atoms with Crippen molar-refractivity contribution in [1.82, 2.24) is 9.88 Å². The molecule has 313 valence electrons. The molecule has 4 aromatic heterocycles. The Hall–Kier alpha value is -5.29. The number of allylic oxidation sites excluding steroid dienone is 11. The van der Waals surface area contributed by atoms with Crippen molar-refractivity contribution in [3.8, 4) is 0 Å². The number of hydrogen-bond acceptors (Lipinski definition) is 8. The van der Waals surface area contributed by atoms with Gasteiger partial charge >= 0.3 is 16.8 Å². The van der Waals surface area contributed by atoms with Gasteiger partial charge < -0.3 is 79.9 Å².